The molecule has 0 saturated carbocycles. The molecular weight excluding hydrogens is 388 g/mol. The zero-order valence-corrected chi connectivity index (χ0v) is 16.8. The van der Waals surface area contributed by atoms with Crippen molar-refractivity contribution in [3.8, 4) is 0 Å². The van der Waals surface area contributed by atoms with Crippen molar-refractivity contribution in [2.24, 2.45) is 5.73 Å². The summed E-state index contributed by atoms with van der Waals surface area (Å²) in [6, 6.07) is 9.52. The summed E-state index contributed by atoms with van der Waals surface area (Å²) in [5.74, 6) is -0.713. The van der Waals surface area contributed by atoms with Crippen molar-refractivity contribution in [2.45, 2.75) is 38.8 Å². The highest BCUT2D eigenvalue weighted by Gasteiger charge is 2.22. The Kier molecular flexibility index (Phi) is 5.44. The fourth-order valence-electron chi connectivity index (χ4n) is 3.72. The first-order valence-electron chi connectivity index (χ1n) is 9.62. The van der Waals surface area contributed by atoms with E-state index in [-0.39, 0.29) is 31.0 Å². The molecular formula is C21H22N4O3S. The maximum Gasteiger partial charge on any atom is 0.262 e. The van der Waals surface area contributed by atoms with E-state index in [9.17, 15) is 14.4 Å². The molecule has 0 saturated heterocycles. The first kappa shape index (κ1) is 19.3. The van der Waals surface area contributed by atoms with E-state index in [4.69, 9.17) is 5.73 Å². The zero-order valence-electron chi connectivity index (χ0n) is 16.0. The highest BCUT2D eigenvalue weighted by atomic mass is 32.1. The van der Waals surface area contributed by atoms with Gasteiger partial charge in [0.2, 0.25) is 11.8 Å². The molecule has 4 rings (SSSR count). The van der Waals surface area contributed by atoms with E-state index in [1.54, 1.807) is 16.2 Å². The third kappa shape index (κ3) is 4.07. The van der Waals surface area contributed by atoms with E-state index in [2.05, 4.69) is 4.98 Å². The van der Waals surface area contributed by atoms with Crippen LogP contribution in [-0.4, -0.2) is 32.8 Å². The number of hydrogen-bond acceptors (Lipinski definition) is 5. The Morgan fingerprint density at radius 2 is 2.00 bits per heavy atom. The standard InChI is InChI=1S/C21H22N4O3S/c22-17(26)9-10-24(11-14-5-2-1-3-6-14)18(27)12-25-13-23-20-19(21(25)28)15-7-4-8-16(15)29-20/h1-3,5-6,13H,4,7-12H2,(H2,22,26). The summed E-state index contributed by atoms with van der Waals surface area (Å²) >= 11 is 1.58. The van der Waals surface area contributed by atoms with E-state index in [0.717, 1.165) is 35.2 Å². The molecule has 7 nitrogen and oxygen atoms in total. The predicted molar refractivity (Wildman–Crippen MR) is 112 cm³/mol. The number of thiophene rings is 1. The molecule has 1 aromatic carbocycles. The fraction of sp³-hybridized carbons (Fsp3) is 0.333. The van der Waals surface area contributed by atoms with E-state index >= 15 is 0 Å². The van der Waals surface area contributed by atoms with Crippen LogP contribution in [-0.2, 0) is 35.5 Å². The van der Waals surface area contributed by atoms with Crippen molar-refractivity contribution in [3.05, 3.63) is 63.0 Å². The van der Waals surface area contributed by atoms with Crippen molar-refractivity contribution >= 4 is 33.4 Å². The topological polar surface area (TPSA) is 98.3 Å². The molecule has 0 fully saturated rings. The van der Waals surface area contributed by atoms with E-state index in [1.807, 2.05) is 30.3 Å². The van der Waals surface area contributed by atoms with Gasteiger partial charge in [0.05, 0.1) is 11.7 Å². The summed E-state index contributed by atoms with van der Waals surface area (Å²) in [5, 5.41) is 0.657. The van der Waals surface area contributed by atoms with Gasteiger partial charge in [0.25, 0.3) is 5.56 Å². The van der Waals surface area contributed by atoms with E-state index in [1.165, 1.54) is 15.8 Å². The average molecular weight is 410 g/mol. The van der Waals surface area contributed by atoms with Crippen LogP contribution >= 0.6 is 11.3 Å². The Bertz CT molecular complexity index is 1120. The first-order valence-corrected chi connectivity index (χ1v) is 10.4. The Hall–Kier alpha value is -3.00. The number of aromatic nitrogens is 2. The summed E-state index contributed by atoms with van der Waals surface area (Å²) < 4.78 is 1.37. The van der Waals surface area contributed by atoms with Crippen LogP contribution in [0.3, 0.4) is 0 Å². The van der Waals surface area contributed by atoms with Gasteiger partial charge in [-0.3, -0.25) is 19.0 Å². The minimum atomic E-state index is -0.468. The number of nitrogens with zero attached hydrogens (tertiary/aromatic N) is 3. The van der Waals surface area contributed by atoms with Crippen molar-refractivity contribution < 1.29 is 9.59 Å². The number of amides is 2. The third-order valence-corrected chi connectivity index (χ3v) is 6.39. The van der Waals surface area contributed by atoms with Crippen LogP contribution in [0, 0.1) is 0 Å². The maximum absolute atomic E-state index is 13.0. The molecule has 0 spiro atoms. The number of fused-ring (bicyclic) bond motifs is 3. The van der Waals surface area contributed by atoms with Crippen molar-refractivity contribution in [2.75, 3.05) is 6.54 Å². The zero-order chi connectivity index (χ0) is 20.4. The van der Waals surface area contributed by atoms with Crippen LogP contribution in [0.4, 0.5) is 0 Å². The normalized spacial score (nSPS) is 12.8. The number of nitrogens with two attached hydrogens (primary N) is 1. The van der Waals surface area contributed by atoms with Gasteiger partial charge in [-0.05, 0) is 30.4 Å². The molecule has 8 heteroatoms. The van der Waals surface area contributed by atoms with Crippen LogP contribution in [0.2, 0.25) is 0 Å². The average Bonchev–Trinajstić information content (AvgIpc) is 3.29. The number of benzene rings is 1. The molecule has 0 radical (unpaired) electrons. The number of carbonyl (C=O) groups excluding carboxylic acids is 2. The molecule has 29 heavy (non-hydrogen) atoms. The quantitative estimate of drug-likeness (QED) is 0.643. The highest BCUT2D eigenvalue weighted by Crippen LogP contribution is 2.34. The SMILES string of the molecule is NC(=O)CCN(Cc1ccccc1)C(=O)Cn1cnc2sc3c(c2c1=O)CCC3. The number of carbonyl (C=O) groups is 2. The smallest absolute Gasteiger partial charge is 0.262 e. The lowest BCUT2D eigenvalue weighted by Crippen LogP contribution is -2.38. The number of aryl methyl sites for hydroxylation is 2. The van der Waals surface area contributed by atoms with Crippen LogP contribution in [0.25, 0.3) is 10.2 Å². The van der Waals surface area contributed by atoms with Gasteiger partial charge < -0.3 is 10.6 Å². The predicted octanol–water partition coefficient (Wildman–Crippen LogP) is 1.85. The molecule has 2 N–H and O–H groups in total. The second-order valence-corrected chi connectivity index (χ2v) is 8.32. The number of primary amides is 1. The molecule has 0 aliphatic heterocycles. The molecule has 0 atom stereocenters. The molecule has 3 aromatic rings. The van der Waals surface area contributed by atoms with Crippen LogP contribution in [0.1, 0.15) is 28.8 Å². The van der Waals surface area contributed by atoms with Gasteiger partial charge in [0.15, 0.2) is 0 Å². The second-order valence-electron chi connectivity index (χ2n) is 7.23. The minimum absolute atomic E-state index is 0.0722. The molecule has 2 amide bonds. The molecule has 150 valence electrons. The largest absolute Gasteiger partial charge is 0.370 e. The molecule has 0 unspecified atom stereocenters. The van der Waals surface area contributed by atoms with Gasteiger partial charge in [-0.1, -0.05) is 30.3 Å². The van der Waals surface area contributed by atoms with E-state index < -0.39 is 5.91 Å². The summed E-state index contributed by atoms with van der Waals surface area (Å²) in [6.07, 6.45) is 4.46. The van der Waals surface area contributed by atoms with Gasteiger partial charge in [0, 0.05) is 24.4 Å². The van der Waals surface area contributed by atoms with Crippen LogP contribution < -0.4 is 11.3 Å². The van der Waals surface area contributed by atoms with Crippen molar-refractivity contribution in [3.63, 3.8) is 0 Å². The molecule has 1 aliphatic carbocycles. The molecule has 2 aromatic heterocycles. The Balaban J connectivity index is 1.58. The Labute approximate surface area is 171 Å². The first-order chi connectivity index (χ1) is 14.0. The monoisotopic (exact) mass is 410 g/mol. The Morgan fingerprint density at radius 1 is 1.21 bits per heavy atom. The van der Waals surface area contributed by atoms with Gasteiger partial charge in [-0.2, -0.15) is 0 Å². The maximum atomic E-state index is 13.0. The summed E-state index contributed by atoms with van der Waals surface area (Å²) in [7, 11) is 0. The summed E-state index contributed by atoms with van der Waals surface area (Å²) in [5.41, 5.74) is 7.15. The molecule has 2 heterocycles. The minimum Gasteiger partial charge on any atom is -0.370 e. The van der Waals surface area contributed by atoms with Crippen molar-refractivity contribution in [1.82, 2.24) is 14.5 Å². The summed E-state index contributed by atoms with van der Waals surface area (Å²) in [4.78, 5) is 45.2. The van der Waals surface area contributed by atoms with Crippen LogP contribution in [0.15, 0.2) is 41.5 Å². The van der Waals surface area contributed by atoms with Gasteiger partial charge >= 0.3 is 0 Å². The Morgan fingerprint density at radius 3 is 2.76 bits per heavy atom. The fourth-order valence-corrected chi connectivity index (χ4v) is 4.94. The third-order valence-electron chi connectivity index (χ3n) is 5.19. The lowest BCUT2D eigenvalue weighted by Gasteiger charge is -2.22. The molecule has 0 bridgehead atoms. The highest BCUT2D eigenvalue weighted by molar-refractivity contribution is 7.18. The molecule has 1 aliphatic rings. The lowest BCUT2D eigenvalue weighted by molar-refractivity contribution is -0.133. The number of hydrogen-bond donors (Lipinski definition) is 1. The summed E-state index contributed by atoms with van der Waals surface area (Å²) in [6.45, 7) is 0.449. The number of rotatable bonds is 7. The lowest BCUT2D eigenvalue weighted by atomic mass is 10.2. The van der Waals surface area contributed by atoms with E-state index in [0.29, 0.717) is 11.9 Å². The van der Waals surface area contributed by atoms with Gasteiger partial charge in [0.1, 0.15) is 11.4 Å². The van der Waals surface area contributed by atoms with Gasteiger partial charge in [-0.25, -0.2) is 4.98 Å². The van der Waals surface area contributed by atoms with Crippen LogP contribution in [0.5, 0.6) is 0 Å². The van der Waals surface area contributed by atoms with Crippen molar-refractivity contribution in [1.29, 1.82) is 0 Å². The second kappa shape index (κ2) is 8.16. The van der Waals surface area contributed by atoms with Gasteiger partial charge in [-0.15, -0.1) is 11.3 Å².